The number of nitrogens with zero attached hydrogens (tertiary/aromatic N) is 1. The SMILES string of the molecule is Cc1c(-c2ccccc2)oc2c(C(=O)N[C@H](C)c3ccncc3)cccc2c1=O. The van der Waals surface area contributed by atoms with Crippen molar-refractivity contribution in [3.8, 4) is 11.3 Å². The van der Waals surface area contributed by atoms with Crippen LogP contribution in [0.5, 0.6) is 0 Å². The number of rotatable bonds is 4. The third kappa shape index (κ3) is 3.55. The Morgan fingerprint density at radius 3 is 2.45 bits per heavy atom. The summed E-state index contributed by atoms with van der Waals surface area (Å²) >= 11 is 0. The molecule has 2 heterocycles. The van der Waals surface area contributed by atoms with Crippen LogP contribution in [-0.4, -0.2) is 10.9 Å². The molecule has 5 nitrogen and oxygen atoms in total. The van der Waals surface area contributed by atoms with Gasteiger partial charge in [-0.15, -0.1) is 0 Å². The molecular weight excluding hydrogens is 364 g/mol. The Morgan fingerprint density at radius 1 is 1.00 bits per heavy atom. The molecule has 0 saturated carbocycles. The zero-order valence-electron chi connectivity index (χ0n) is 16.2. The van der Waals surface area contributed by atoms with Crippen molar-refractivity contribution < 1.29 is 9.21 Å². The molecule has 144 valence electrons. The maximum absolute atomic E-state index is 13.0. The Labute approximate surface area is 168 Å². The predicted octanol–water partition coefficient (Wildman–Crippen LogP) is 4.65. The van der Waals surface area contributed by atoms with Crippen molar-refractivity contribution in [3.05, 3.63) is 100.0 Å². The number of pyridine rings is 1. The summed E-state index contributed by atoms with van der Waals surface area (Å²) in [6, 6.07) is 18.0. The zero-order chi connectivity index (χ0) is 20.4. The molecule has 0 aliphatic carbocycles. The van der Waals surface area contributed by atoms with Gasteiger partial charge in [-0.3, -0.25) is 14.6 Å². The van der Waals surface area contributed by atoms with E-state index in [9.17, 15) is 9.59 Å². The number of aromatic nitrogens is 1. The smallest absolute Gasteiger partial charge is 0.255 e. The van der Waals surface area contributed by atoms with Crippen LogP contribution in [0.2, 0.25) is 0 Å². The fourth-order valence-corrected chi connectivity index (χ4v) is 3.36. The first-order chi connectivity index (χ1) is 14.1. The van der Waals surface area contributed by atoms with Crippen molar-refractivity contribution in [3.63, 3.8) is 0 Å². The highest BCUT2D eigenvalue weighted by atomic mass is 16.3. The van der Waals surface area contributed by atoms with E-state index in [1.54, 1.807) is 37.5 Å². The number of para-hydroxylation sites is 1. The molecule has 1 amide bonds. The first-order valence-corrected chi connectivity index (χ1v) is 9.39. The largest absolute Gasteiger partial charge is 0.455 e. The minimum atomic E-state index is -0.300. The highest BCUT2D eigenvalue weighted by Crippen LogP contribution is 2.27. The van der Waals surface area contributed by atoms with E-state index in [2.05, 4.69) is 10.3 Å². The number of hydrogen-bond donors (Lipinski definition) is 1. The first kappa shape index (κ1) is 18.6. The van der Waals surface area contributed by atoms with Gasteiger partial charge < -0.3 is 9.73 Å². The lowest BCUT2D eigenvalue weighted by atomic mass is 10.0. The Hall–Kier alpha value is -3.73. The van der Waals surface area contributed by atoms with E-state index in [-0.39, 0.29) is 17.4 Å². The topological polar surface area (TPSA) is 72.2 Å². The van der Waals surface area contributed by atoms with Crippen LogP contribution < -0.4 is 10.7 Å². The molecule has 5 heteroatoms. The number of carbonyl (C=O) groups excluding carboxylic acids is 1. The molecule has 2 aromatic heterocycles. The summed E-state index contributed by atoms with van der Waals surface area (Å²) in [6.45, 7) is 3.64. The molecule has 1 N–H and O–H groups in total. The summed E-state index contributed by atoms with van der Waals surface area (Å²) in [7, 11) is 0. The number of carbonyl (C=O) groups is 1. The number of hydrogen-bond acceptors (Lipinski definition) is 4. The summed E-state index contributed by atoms with van der Waals surface area (Å²) in [6.07, 6.45) is 3.37. The minimum absolute atomic E-state index is 0.137. The van der Waals surface area contributed by atoms with Crippen molar-refractivity contribution in [2.75, 3.05) is 0 Å². The molecule has 0 aliphatic heterocycles. The van der Waals surface area contributed by atoms with Crippen LogP contribution in [0.15, 0.2) is 82.3 Å². The lowest BCUT2D eigenvalue weighted by Gasteiger charge is -2.15. The third-order valence-electron chi connectivity index (χ3n) is 4.98. The minimum Gasteiger partial charge on any atom is -0.455 e. The second-order valence-corrected chi connectivity index (χ2v) is 6.91. The van der Waals surface area contributed by atoms with Crippen molar-refractivity contribution in [2.45, 2.75) is 19.9 Å². The van der Waals surface area contributed by atoms with Gasteiger partial charge in [0.25, 0.3) is 5.91 Å². The van der Waals surface area contributed by atoms with Gasteiger partial charge in [-0.25, -0.2) is 0 Å². The van der Waals surface area contributed by atoms with Crippen LogP contribution in [0, 0.1) is 6.92 Å². The van der Waals surface area contributed by atoms with Crippen molar-refractivity contribution in [2.24, 2.45) is 0 Å². The van der Waals surface area contributed by atoms with E-state index in [4.69, 9.17) is 4.42 Å². The Morgan fingerprint density at radius 2 is 1.72 bits per heavy atom. The Kier molecular flexibility index (Phi) is 4.96. The lowest BCUT2D eigenvalue weighted by Crippen LogP contribution is -2.27. The zero-order valence-corrected chi connectivity index (χ0v) is 16.2. The standard InChI is InChI=1S/C24H20N2O3/c1-15-21(27)19-9-6-10-20(23(19)29-22(15)18-7-4-3-5-8-18)24(28)26-16(2)17-11-13-25-14-12-17/h3-14,16H,1-2H3,(H,26,28)/t16-/m1/s1. The van der Waals surface area contributed by atoms with Crippen molar-refractivity contribution in [1.29, 1.82) is 0 Å². The summed E-state index contributed by atoms with van der Waals surface area (Å²) in [5.74, 6) is 0.177. The van der Waals surface area contributed by atoms with Gasteiger partial charge in [-0.05, 0) is 43.7 Å². The van der Waals surface area contributed by atoms with Crippen LogP contribution in [0.4, 0.5) is 0 Å². The van der Waals surface area contributed by atoms with E-state index < -0.39 is 0 Å². The van der Waals surface area contributed by atoms with Crippen LogP contribution >= 0.6 is 0 Å². The number of benzene rings is 2. The van der Waals surface area contributed by atoms with E-state index in [1.807, 2.05) is 49.4 Å². The van der Waals surface area contributed by atoms with E-state index >= 15 is 0 Å². The second kappa shape index (κ2) is 7.72. The van der Waals surface area contributed by atoms with Gasteiger partial charge in [0.1, 0.15) is 5.76 Å². The van der Waals surface area contributed by atoms with Crippen molar-refractivity contribution in [1.82, 2.24) is 10.3 Å². The molecule has 0 spiro atoms. The average molecular weight is 384 g/mol. The van der Waals surface area contributed by atoms with Gasteiger partial charge in [0, 0.05) is 23.5 Å². The molecule has 4 rings (SSSR count). The normalized spacial score (nSPS) is 11.9. The molecule has 0 saturated heterocycles. The summed E-state index contributed by atoms with van der Waals surface area (Å²) in [5.41, 5.74) is 2.74. The van der Waals surface area contributed by atoms with Gasteiger partial charge in [0.2, 0.25) is 0 Å². The molecule has 4 aromatic rings. The molecule has 2 aromatic carbocycles. The molecule has 0 unspecified atom stereocenters. The number of nitrogens with one attached hydrogen (secondary N) is 1. The van der Waals surface area contributed by atoms with Crippen LogP contribution in [-0.2, 0) is 0 Å². The van der Waals surface area contributed by atoms with E-state index in [0.29, 0.717) is 27.9 Å². The molecule has 0 radical (unpaired) electrons. The third-order valence-corrected chi connectivity index (χ3v) is 4.98. The van der Waals surface area contributed by atoms with Crippen LogP contribution in [0.25, 0.3) is 22.3 Å². The molecule has 0 aliphatic rings. The van der Waals surface area contributed by atoms with Gasteiger partial charge >= 0.3 is 0 Å². The highest BCUT2D eigenvalue weighted by molar-refractivity contribution is 6.05. The average Bonchev–Trinajstić information content (AvgIpc) is 2.77. The maximum atomic E-state index is 13.0. The molecule has 1 atom stereocenters. The molecule has 0 fully saturated rings. The van der Waals surface area contributed by atoms with Crippen LogP contribution in [0.3, 0.4) is 0 Å². The number of fused-ring (bicyclic) bond motifs is 1. The van der Waals surface area contributed by atoms with Gasteiger partial charge in [0.15, 0.2) is 11.0 Å². The quantitative estimate of drug-likeness (QED) is 0.556. The van der Waals surface area contributed by atoms with E-state index in [1.165, 1.54) is 0 Å². The first-order valence-electron chi connectivity index (χ1n) is 9.39. The second-order valence-electron chi connectivity index (χ2n) is 6.91. The molecule has 0 bridgehead atoms. The molecule has 29 heavy (non-hydrogen) atoms. The van der Waals surface area contributed by atoms with Crippen molar-refractivity contribution >= 4 is 16.9 Å². The Bertz CT molecular complexity index is 1230. The summed E-state index contributed by atoms with van der Waals surface area (Å²) in [4.78, 5) is 29.9. The summed E-state index contributed by atoms with van der Waals surface area (Å²) < 4.78 is 6.13. The lowest BCUT2D eigenvalue weighted by molar-refractivity contribution is 0.0940. The molecular formula is C24H20N2O3. The monoisotopic (exact) mass is 384 g/mol. The Balaban J connectivity index is 1.80. The maximum Gasteiger partial charge on any atom is 0.255 e. The van der Waals surface area contributed by atoms with Gasteiger partial charge in [-0.1, -0.05) is 36.4 Å². The van der Waals surface area contributed by atoms with E-state index in [0.717, 1.165) is 11.1 Å². The predicted molar refractivity (Wildman–Crippen MR) is 113 cm³/mol. The fraction of sp³-hybridized carbons (Fsp3) is 0.125. The van der Waals surface area contributed by atoms with Gasteiger partial charge in [-0.2, -0.15) is 0 Å². The van der Waals surface area contributed by atoms with Crippen LogP contribution in [0.1, 0.15) is 34.5 Å². The summed E-state index contributed by atoms with van der Waals surface area (Å²) in [5, 5.41) is 3.36. The highest BCUT2D eigenvalue weighted by Gasteiger charge is 2.19. The number of amides is 1. The van der Waals surface area contributed by atoms with Gasteiger partial charge in [0.05, 0.1) is 17.0 Å². The fourth-order valence-electron chi connectivity index (χ4n) is 3.36.